The maximum Gasteiger partial charge on any atom is 0.256 e. The molecule has 1 fully saturated rings. The second-order valence-corrected chi connectivity index (χ2v) is 8.49. The minimum atomic E-state index is -0.554. The molecular weight excluding hydrogens is 419 g/mol. The van der Waals surface area contributed by atoms with Crippen molar-refractivity contribution in [1.29, 1.82) is 0 Å². The molecule has 7 nitrogen and oxygen atoms in total. The molecule has 0 atom stereocenters. The number of hydrogen-bond donors (Lipinski definition) is 1. The molecule has 1 aliphatic rings. The number of amides is 1. The number of pyridine rings is 1. The number of rotatable bonds is 5. The van der Waals surface area contributed by atoms with E-state index in [0.29, 0.717) is 42.6 Å². The Morgan fingerprint density at radius 2 is 1.79 bits per heavy atom. The molecule has 1 aliphatic heterocycles. The van der Waals surface area contributed by atoms with E-state index in [1.165, 1.54) is 12.4 Å². The zero-order valence-corrected chi connectivity index (χ0v) is 19.3. The number of carbonyl (C=O) groups excluding carboxylic acids is 1. The Hall–Kier alpha value is -3.39. The molecule has 2 aromatic heterocycles. The molecule has 1 amide bonds. The van der Waals surface area contributed by atoms with Crippen molar-refractivity contribution in [3.8, 4) is 22.4 Å². The van der Waals surface area contributed by atoms with Crippen LogP contribution in [0.3, 0.4) is 0 Å². The number of carbonyl (C=O) groups is 1. The average Bonchev–Trinajstić information content (AvgIpc) is 2.83. The van der Waals surface area contributed by atoms with Crippen LogP contribution in [-0.4, -0.2) is 62.9 Å². The summed E-state index contributed by atoms with van der Waals surface area (Å²) in [6.45, 7) is 9.06. The van der Waals surface area contributed by atoms with Crippen LogP contribution in [0.15, 0.2) is 42.9 Å². The monoisotopic (exact) mass is 448 g/mol. The number of aryl methyl sites for hydroxylation is 1. The van der Waals surface area contributed by atoms with Gasteiger partial charge < -0.3 is 10.6 Å². The summed E-state index contributed by atoms with van der Waals surface area (Å²) in [5.74, 6) is -0.414. The molecule has 8 heteroatoms. The van der Waals surface area contributed by atoms with Crippen LogP contribution in [0.5, 0.6) is 0 Å². The largest absolute Gasteiger partial charge is 0.384 e. The van der Waals surface area contributed by atoms with Crippen molar-refractivity contribution in [1.82, 2.24) is 24.8 Å². The number of hydrogen-bond acceptors (Lipinski definition) is 6. The first-order valence-electron chi connectivity index (χ1n) is 11.3. The van der Waals surface area contributed by atoms with Crippen molar-refractivity contribution < 1.29 is 9.18 Å². The first-order chi connectivity index (χ1) is 15.9. The quantitative estimate of drug-likeness (QED) is 0.641. The van der Waals surface area contributed by atoms with Crippen LogP contribution in [0, 0.1) is 5.82 Å². The van der Waals surface area contributed by atoms with E-state index in [0.717, 1.165) is 29.9 Å². The van der Waals surface area contributed by atoms with E-state index >= 15 is 4.39 Å². The van der Waals surface area contributed by atoms with Gasteiger partial charge in [0.1, 0.15) is 18.0 Å². The van der Waals surface area contributed by atoms with Crippen LogP contribution in [0.4, 0.5) is 10.2 Å². The lowest BCUT2D eigenvalue weighted by molar-refractivity contribution is 0.0591. The molecule has 33 heavy (non-hydrogen) atoms. The molecule has 3 aromatic rings. The normalized spacial score (nSPS) is 14.6. The first-order valence-corrected chi connectivity index (χ1v) is 11.3. The van der Waals surface area contributed by atoms with E-state index in [4.69, 9.17) is 5.73 Å². The Morgan fingerprint density at radius 3 is 2.39 bits per heavy atom. The standard InChI is InChI=1S/C25H29FN6O/c1-4-21-23(18-6-8-22(27)28-14-18)24(30-15-29-21)17-5-7-19(20(26)13-17)25(33)32-11-9-31(10-12-32)16(2)3/h5-8,13-16H,4,9-12H2,1-3H3,(H2,27,28). The second kappa shape index (κ2) is 9.62. The molecule has 1 aromatic carbocycles. The minimum Gasteiger partial charge on any atom is -0.384 e. The highest BCUT2D eigenvalue weighted by Crippen LogP contribution is 2.33. The molecule has 4 rings (SSSR count). The van der Waals surface area contributed by atoms with Crippen LogP contribution in [0.25, 0.3) is 22.4 Å². The molecule has 3 heterocycles. The van der Waals surface area contributed by atoms with Crippen molar-refractivity contribution in [3.63, 3.8) is 0 Å². The first kappa shape index (κ1) is 22.8. The van der Waals surface area contributed by atoms with Crippen LogP contribution >= 0.6 is 0 Å². The SMILES string of the molecule is CCc1ncnc(-c2ccc(C(=O)N3CCN(C(C)C)CC3)c(F)c2)c1-c1ccc(N)nc1. The summed E-state index contributed by atoms with van der Waals surface area (Å²) in [6.07, 6.45) is 3.83. The van der Waals surface area contributed by atoms with Gasteiger partial charge in [0.25, 0.3) is 5.91 Å². The van der Waals surface area contributed by atoms with Crippen LogP contribution in [0.1, 0.15) is 36.8 Å². The number of nitrogen functional groups attached to an aromatic ring is 1. The summed E-state index contributed by atoms with van der Waals surface area (Å²) in [5, 5.41) is 0. The highest BCUT2D eigenvalue weighted by atomic mass is 19.1. The predicted octanol–water partition coefficient (Wildman–Crippen LogP) is 3.66. The Morgan fingerprint density at radius 1 is 1.06 bits per heavy atom. The summed E-state index contributed by atoms with van der Waals surface area (Å²) >= 11 is 0. The maximum absolute atomic E-state index is 15.2. The molecule has 1 saturated heterocycles. The van der Waals surface area contributed by atoms with Gasteiger partial charge in [-0.1, -0.05) is 13.0 Å². The molecule has 0 unspecified atom stereocenters. The van der Waals surface area contributed by atoms with Crippen molar-refractivity contribution in [2.45, 2.75) is 33.2 Å². The number of anilines is 1. The number of nitrogens with zero attached hydrogens (tertiary/aromatic N) is 5. The maximum atomic E-state index is 15.2. The number of piperazine rings is 1. The topological polar surface area (TPSA) is 88.2 Å². The second-order valence-electron chi connectivity index (χ2n) is 8.49. The van der Waals surface area contributed by atoms with Gasteiger partial charge in [-0.25, -0.2) is 19.3 Å². The summed E-state index contributed by atoms with van der Waals surface area (Å²) in [7, 11) is 0. The minimum absolute atomic E-state index is 0.0808. The molecule has 0 saturated carbocycles. The van der Waals surface area contributed by atoms with E-state index in [1.807, 2.05) is 13.0 Å². The van der Waals surface area contributed by atoms with Crippen molar-refractivity contribution in [2.24, 2.45) is 0 Å². The Labute approximate surface area is 193 Å². The summed E-state index contributed by atoms with van der Waals surface area (Å²) in [6, 6.07) is 8.69. The number of aromatic nitrogens is 3. The third-order valence-electron chi connectivity index (χ3n) is 6.14. The molecule has 0 bridgehead atoms. The predicted molar refractivity (Wildman–Crippen MR) is 127 cm³/mol. The van der Waals surface area contributed by atoms with E-state index in [1.54, 1.807) is 29.3 Å². The highest BCUT2D eigenvalue weighted by Gasteiger charge is 2.25. The molecular formula is C25H29FN6O. The molecule has 0 aliphatic carbocycles. The number of nitrogens with two attached hydrogens (primary N) is 1. The van der Waals surface area contributed by atoms with E-state index in [-0.39, 0.29) is 11.5 Å². The number of benzene rings is 1. The average molecular weight is 449 g/mol. The van der Waals surface area contributed by atoms with Crippen LogP contribution in [-0.2, 0) is 6.42 Å². The third-order valence-corrected chi connectivity index (χ3v) is 6.14. The highest BCUT2D eigenvalue weighted by molar-refractivity contribution is 5.95. The molecule has 2 N–H and O–H groups in total. The number of halogens is 1. The smallest absolute Gasteiger partial charge is 0.256 e. The van der Waals surface area contributed by atoms with Crippen molar-refractivity contribution in [3.05, 3.63) is 59.9 Å². The molecule has 0 radical (unpaired) electrons. The van der Waals surface area contributed by atoms with E-state index < -0.39 is 5.82 Å². The van der Waals surface area contributed by atoms with Crippen LogP contribution < -0.4 is 5.73 Å². The molecule has 172 valence electrons. The Kier molecular flexibility index (Phi) is 6.65. The lowest BCUT2D eigenvalue weighted by Gasteiger charge is -2.37. The summed E-state index contributed by atoms with van der Waals surface area (Å²) in [5.41, 5.74) is 9.42. The van der Waals surface area contributed by atoms with Gasteiger partial charge in [-0.15, -0.1) is 0 Å². The fourth-order valence-corrected chi connectivity index (χ4v) is 4.21. The van der Waals surface area contributed by atoms with Gasteiger partial charge in [-0.3, -0.25) is 9.69 Å². The lowest BCUT2D eigenvalue weighted by Crippen LogP contribution is -2.50. The zero-order valence-electron chi connectivity index (χ0n) is 19.3. The van der Waals surface area contributed by atoms with Gasteiger partial charge in [-0.05, 0) is 44.5 Å². The lowest BCUT2D eigenvalue weighted by atomic mass is 9.96. The van der Waals surface area contributed by atoms with Crippen molar-refractivity contribution in [2.75, 3.05) is 31.9 Å². The fourth-order valence-electron chi connectivity index (χ4n) is 4.21. The van der Waals surface area contributed by atoms with Gasteiger partial charge in [-0.2, -0.15) is 0 Å². The summed E-state index contributed by atoms with van der Waals surface area (Å²) in [4.78, 5) is 30.1. The molecule has 0 spiro atoms. The summed E-state index contributed by atoms with van der Waals surface area (Å²) < 4.78 is 15.2. The fraction of sp³-hybridized carbons (Fsp3) is 0.360. The van der Waals surface area contributed by atoms with Crippen molar-refractivity contribution >= 4 is 11.7 Å². The van der Waals surface area contributed by atoms with Gasteiger partial charge in [0, 0.05) is 55.1 Å². The van der Waals surface area contributed by atoms with Gasteiger partial charge in [0.2, 0.25) is 0 Å². The van der Waals surface area contributed by atoms with Gasteiger partial charge in [0.15, 0.2) is 0 Å². The zero-order chi connectivity index (χ0) is 23.5. The van der Waals surface area contributed by atoms with Gasteiger partial charge >= 0.3 is 0 Å². The van der Waals surface area contributed by atoms with Gasteiger partial charge in [0.05, 0.1) is 17.0 Å². The van der Waals surface area contributed by atoms with E-state index in [2.05, 4.69) is 33.7 Å². The third kappa shape index (κ3) is 4.71. The van der Waals surface area contributed by atoms with E-state index in [9.17, 15) is 4.79 Å². The Bertz CT molecular complexity index is 1140. The van der Waals surface area contributed by atoms with Crippen LogP contribution in [0.2, 0.25) is 0 Å². The Balaban J connectivity index is 1.65.